The van der Waals surface area contributed by atoms with E-state index in [9.17, 15) is 4.79 Å². The SMILES string of the molecule is CC(NC(=O)N[C@@H](C)CO)C1COc2ccccc21. The molecule has 1 aliphatic heterocycles. The fourth-order valence-corrected chi connectivity index (χ4v) is 2.22. The number of ether oxygens (including phenoxy) is 1. The maximum Gasteiger partial charge on any atom is 0.315 e. The molecule has 1 aromatic rings. The van der Waals surface area contributed by atoms with Crippen molar-refractivity contribution in [1.29, 1.82) is 0 Å². The van der Waals surface area contributed by atoms with Crippen LogP contribution in [0.2, 0.25) is 0 Å². The fraction of sp³-hybridized carbons (Fsp3) is 0.500. The number of urea groups is 1. The average Bonchev–Trinajstić information content (AvgIpc) is 2.82. The number of aliphatic hydroxyl groups is 1. The van der Waals surface area contributed by atoms with Gasteiger partial charge in [-0.2, -0.15) is 0 Å². The van der Waals surface area contributed by atoms with Crippen LogP contribution in [0.15, 0.2) is 24.3 Å². The number of rotatable bonds is 4. The van der Waals surface area contributed by atoms with E-state index < -0.39 is 0 Å². The number of nitrogens with one attached hydrogen (secondary N) is 2. The lowest BCUT2D eigenvalue weighted by Gasteiger charge is -2.21. The summed E-state index contributed by atoms with van der Waals surface area (Å²) in [7, 11) is 0. The van der Waals surface area contributed by atoms with Crippen LogP contribution < -0.4 is 15.4 Å². The van der Waals surface area contributed by atoms with Gasteiger partial charge in [-0.15, -0.1) is 0 Å². The van der Waals surface area contributed by atoms with E-state index in [2.05, 4.69) is 10.6 Å². The zero-order valence-corrected chi connectivity index (χ0v) is 11.2. The van der Waals surface area contributed by atoms with E-state index in [4.69, 9.17) is 9.84 Å². The largest absolute Gasteiger partial charge is 0.493 e. The number of para-hydroxylation sites is 1. The summed E-state index contributed by atoms with van der Waals surface area (Å²) in [5.74, 6) is 1.05. The highest BCUT2D eigenvalue weighted by Crippen LogP contribution is 2.35. The molecule has 104 valence electrons. The number of hydrogen-bond donors (Lipinski definition) is 3. The van der Waals surface area contributed by atoms with Crippen molar-refractivity contribution in [2.75, 3.05) is 13.2 Å². The van der Waals surface area contributed by atoms with E-state index in [1.54, 1.807) is 6.92 Å². The Bertz CT molecular complexity index is 450. The fourth-order valence-electron chi connectivity index (χ4n) is 2.22. The van der Waals surface area contributed by atoms with Crippen LogP contribution >= 0.6 is 0 Å². The Balaban J connectivity index is 1.95. The van der Waals surface area contributed by atoms with Crippen molar-refractivity contribution >= 4 is 6.03 Å². The molecule has 5 nitrogen and oxygen atoms in total. The summed E-state index contributed by atoms with van der Waals surface area (Å²) in [6, 6.07) is 7.33. The second-order valence-corrected chi connectivity index (χ2v) is 4.95. The molecule has 0 saturated heterocycles. The third-order valence-corrected chi connectivity index (χ3v) is 3.35. The molecule has 3 N–H and O–H groups in total. The van der Waals surface area contributed by atoms with Crippen molar-refractivity contribution in [2.24, 2.45) is 0 Å². The van der Waals surface area contributed by atoms with Gasteiger partial charge < -0.3 is 20.5 Å². The molecule has 1 heterocycles. The van der Waals surface area contributed by atoms with Gasteiger partial charge in [0.25, 0.3) is 0 Å². The summed E-state index contributed by atoms with van der Waals surface area (Å²) < 4.78 is 5.60. The first-order valence-corrected chi connectivity index (χ1v) is 6.51. The minimum atomic E-state index is -0.265. The highest BCUT2D eigenvalue weighted by molar-refractivity contribution is 5.74. The van der Waals surface area contributed by atoms with Gasteiger partial charge in [0.2, 0.25) is 0 Å². The van der Waals surface area contributed by atoms with Crippen LogP contribution in [0.5, 0.6) is 5.75 Å². The molecule has 0 saturated carbocycles. The van der Waals surface area contributed by atoms with Crippen molar-refractivity contribution in [3.8, 4) is 5.75 Å². The van der Waals surface area contributed by atoms with Crippen LogP contribution in [-0.2, 0) is 0 Å². The monoisotopic (exact) mass is 264 g/mol. The van der Waals surface area contributed by atoms with Crippen molar-refractivity contribution < 1.29 is 14.6 Å². The number of hydrogen-bond acceptors (Lipinski definition) is 3. The Kier molecular flexibility index (Phi) is 4.27. The lowest BCUT2D eigenvalue weighted by Crippen LogP contribution is -2.47. The molecule has 0 radical (unpaired) electrons. The van der Waals surface area contributed by atoms with Gasteiger partial charge in [-0.25, -0.2) is 4.79 Å². The van der Waals surface area contributed by atoms with Crippen LogP contribution in [0, 0.1) is 0 Å². The predicted molar refractivity (Wildman–Crippen MR) is 72.4 cm³/mol. The van der Waals surface area contributed by atoms with Crippen LogP contribution in [0.4, 0.5) is 4.79 Å². The van der Waals surface area contributed by atoms with Gasteiger partial charge in [0.05, 0.1) is 19.3 Å². The molecular weight excluding hydrogens is 244 g/mol. The first kappa shape index (κ1) is 13.7. The van der Waals surface area contributed by atoms with Crippen molar-refractivity contribution in [1.82, 2.24) is 10.6 Å². The van der Waals surface area contributed by atoms with Crippen LogP contribution in [0.3, 0.4) is 0 Å². The average molecular weight is 264 g/mol. The first-order valence-electron chi connectivity index (χ1n) is 6.51. The normalized spacial score (nSPS) is 20.1. The van der Waals surface area contributed by atoms with E-state index in [-0.39, 0.29) is 30.6 Å². The van der Waals surface area contributed by atoms with E-state index in [1.807, 2.05) is 31.2 Å². The Labute approximate surface area is 113 Å². The molecule has 2 unspecified atom stereocenters. The molecule has 3 atom stereocenters. The zero-order valence-electron chi connectivity index (χ0n) is 11.2. The molecule has 0 aliphatic carbocycles. The summed E-state index contributed by atoms with van der Waals surface area (Å²) in [4.78, 5) is 11.7. The molecule has 0 aromatic heterocycles. The van der Waals surface area contributed by atoms with Gasteiger partial charge in [0.15, 0.2) is 0 Å². The van der Waals surface area contributed by atoms with Gasteiger partial charge in [-0.3, -0.25) is 0 Å². The van der Waals surface area contributed by atoms with Crippen LogP contribution in [-0.4, -0.2) is 36.4 Å². The van der Waals surface area contributed by atoms with E-state index in [0.717, 1.165) is 11.3 Å². The Morgan fingerprint density at radius 2 is 2.16 bits per heavy atom. The van der Waals surface area contributed by atoms with Gasteiger partial charge in [0, 0.05) is 17.5 Å². The number of carbonyl (C=O) groups excluding carboxylic acids is 1. The number of benzene rings is 1. The summed E-state index contributed by atoms with van der Waals surface area (Å²) in [6.07, 6.45) is 0. The third kappa shape index (κ3) is 3.17. The number of aliphatic hydroxyl groups excluding tert-OH is 1. The van der Waals surface area contributed by atoms with Gasteiger partial charge in [0.1, 0.15) is 5.75 Å². The first-order chi connectivity index (χ1) is 9.11. The smallest absolute Gasteiger partial charge is 0.315 e. The number of amides is 2. The molecule has 0 spiro atoms. The summed E-state index contributed by atoms with van der Waals surface area (Å²) in [5.41, 5.74) is 1.13. The Hall–Kier alpha value is -1.75. The van der Waals surface area contributed by atoms with E-state index in [1.165, 1.54) is 0 Å². The minimum absolute atomic E-state index is 0.0328. The lowest BCUT2D eigenvalue weighted by molar-refractivity contribution is 0.215. The highest BCUT2D eigenvalue weighted by Gasteiger charge is 2.29. The molecule has 0 fully saturated rings. The summed E-state index contributed by atoms with van der Waals surface area (Å²) in [5, 5.41) is 14.5. The second-order valence-electron chi connectivity index (χ2n) is 4.95. The van der Waals surface area contributed by atoms with Crippen molar-refractivity contribution in [2.45, 2.75) is 31.8 Å². The van der Waals surface area contributed by atoms with Crippen LogP contribution in [0.1, 0.15) is 25.3 Å². The lowest BCUT2D eigenvalue weighted by atomic mass is 9.94. The molecule has 2 rings (SSSR count). The Morgan fingerprint density at radius 3 is 2.89 bits per heavy atom. The molecule has 0 bridgehead atoms. The molecule has 2 amide bonds. The molecule has 5 heteroatoms. The molecule has 1 aliphatic rings. The van der Waals surface area contributed by atoms with Crippen molar-refractivity contribution in [3.05, 3.63) is 29.8 Å². The van der Waals surface area contributed by atoms with E-state index >= 15 is 0 Å². The number of carbonyl (C=O) groups is 1. The van der Waals surface area contributed by atoms with Gasteiger partial charge >= 0.3 is 6.03 Å². The number of fused-ring (bicyclic) bond motifs is 1. The van der Waals surface area contributed by atoms with Crippen molar-refractivity contribution in [3.63, 3.8) is 0 Å². The van der Waals surface area contributed by atoms with Gasteiger partial charge in [-0.05, 0) is 19.9 Å². The van der Waals surface area contributed by atoms with E-state index in [0.29, 0.717) is 6.61 Å². The maximum atomic E-state index is 11.7. The topological polar surface area (TPSA) is 70.6 Å². The highest BCUT2D eigenvalue weighted by atomic mass is 16.5. The molecule has 19 heavy (non-hydrogen) atoms. The summed E-state index contributed by atoms with van der Waals surface area (Å²) >= 11 is 0. The Morgan fingerprint density at radius 1 is 1.42 bits per heavy atom. The van der Waals surface area contributed by atoms with Gasteiger partial charge in [-0.1, -0.05) is 18.2 Å². The third-order valence-electron chi connectivity index (χ3n) is 3.35. The zero-order chi connectivity index (χ0) is 13.8. The minimum Gasteiger partial charge on any atom is -0.493 e. The quantitative estimate of drug-likeness (QED) is 0.766. The summed E-state index contributed by atoms with van der Waals surface area (Å²) in [6.45, 7) is 4.21. The van der Waals surface area contributed by atoms with Crippen LogP contribution in [0.25, 0.3) is 0 Å². The predicted octanol–water partition coefficient (Wildman–Crippen LogP) is 1.23. The maximum absolute atomic E-state index is 11.7. The molecule has 1 aromatic carbocycles. The standard InChI is InChI=1S/C14H20N2O3/c1-9(7-17)15-14(18)16-10(2)12-8-19-13-6-4-3-5-11(12)13/h3-6,9-10,12,17H,7-8H2,1-2H3,(H2,15,16,18)/t9-,10?,12?/m0/s1. The molecular formula is C14H20N2O3. The second kappa shape index (κ2) is 5.93.